The molecule has 0 amide bonds. The van der Waals surface area contributed by atoms with Gasteiger partial charge in [-0.05, 0) is 11.8 Å². The van der Waals surface area contributed by atoms with E-state index in [1.54, 1.807) is 13.8 Å². The minimum Gasteiger partial charge on any atom is -0.462 e. The quantitative estimate of drug-likeness (QED) is 0.234. The number of rotatable bonds is 11. The first-order valence-corrected chi connectivity index (χ1v) is 13.1. The Balaban J connectivity index is 1.80. The number of ether oxygens (including phenoxy) is 6. The molecule has 3 aliphatic rings. The van der Waals surface area contributed by atoms with E-state index in [9.17, 15) is 24.3 Å². The molecule has 0 aromatic heterocycles. The zero-order valence-corrected chi connectivity index (χ0v) is 23.2. The van der Waals surface area contributed by atoms with Crippen LogP contribution in [0.15, 0.2) is 11.8 Å². The van der Waals surface area contributed by atoms with Gasteiger partial charge in [0.1, 0.15) is 29.8 Å². The second kappa shape index (κ2) is 11.6. The molecule has 214 valence electrons. The molecule has 6 atom stereocenters. The third-order valence-electron chi connectivity index (χ3n) is 6.90. The van der Waals surface area contributed by atoms with Crippen molar-refractivity contribution in [2.75, 3.05) is 13.2 Å². The van der Waals surface area contributed by atoms with Crippen LogP contribution in [0.1, 0.15) is 67.7 Å². The van der Waals surface area contributed by atoms with Crippen molar-refractivity contribution in [1.82, 2.24) is 0 Å². The highest BCUT2D eigenvalue weighted by Gasteiger charge is 2.76. The molecule has 11 heteroatoms. The predicted octanol–water partition coefficient (Wildman–Crippen LogP) is 2.42. The van der Waals surface area contributed by atoms with Gasteiger partial charge in [-0.2, -0.15) is 0 Å². The molecule has 2 aliphatic heterocycles. The summed E-state index contributed by atoms with van der Waals surface area (Å²) in [6.07, 6.45) is -1.72. The Kier molecular flexibility index (Phi) is 9.13. The Bertz CT molecular complexity index is 949. The van der Waals surface area contributed by atoms with Crippen molar-refractivity contribution in [3.05, 3.63) is 11.8 Å². The summed E-state index contributed by atoms with van der Waals surface area (Å²) in [6, 6.07) is 0. The number of carbonyl (C=O) groups is 4. The van der Waals surface area contributed by atoms with Crippen LogP contribution in [0.2, 0.25) is 0 Å². The maximum Gasteiger partial charge on any atom is 0.348 e. The summed E-state index contributed by atoms with van der Waals surface area (Å²) in [6.45, 7) is 12.0. The number of esters is 4. The fourth-order valence-corrected chi connectivity index (χ4v) is 5.07. The number of epoxide rings is 1. The molecule has 1 N–H and O–H groups in total. The smallest absolute Gasteiger partial charge is 0.348 e. The molecule has 1 spiro atoms. The number of hydrogen-bond donors (Lipinski definition) is 1. The molecule has 0 bridgehead atoms. The van der Waals surface area contributed by atoms with Gasteiger partial charge < -0.3 is 33.5 Å². The molecule has 1 aliphatic carbocycles. The van der Waals surface area contributed by atoms with E-state index < -0.39 is 59.5 Å². The molecule has 3 rings (SSSR count). The highest BCUT2D eigenvalue weighted by molar-refractivity contribution is 5.80. The third kappa shape index (κ3) is 6.48. The topological polar surface area (TPSA) is 147 Å². The van der Waals surface area contributed by atoms with Gasteiger partial charge in [0.25, 0.3) is 6.29 Å². The normalized spacial score (nSPS) is 30.4. The van der Waals surface area contributed by atoms with E-state index in [1.807, 2.05) is 27.7 Å². The fourth-order valence-electron chi connectivity index (χ4n) is 5.07. The second-order valence-electron chi connectivity index (χ2n) is 11.5. The molecule has 1 saturated carbocycles. The van der Waals surface area contributed by atoms with Crippen molar-refractivity contribution in [3.8, 4) is 0 Å². The Hall–Kier alpha value is -2.66. The number of hydrogen-bond acceptors (Lipinski definition) is 11. The summed E-state index contributed by atoms with van der Waals surface area (Å²) in [5.74, 6) is -3.51. The lowest BCUT2D eigenvalue weighted by Gasteiger charge is -2.40. The summed E-state index contributed by atoms with van der Waals surface area (Å²) < 4.78 is 33.3. The second-order valence-corrected chi connectivity index (χ2v) is 11.5. The molecule has 1 saturated heterocycles. The molecule has 1 unspecified atom stereocenters. The van der Waals surface area contributed by atoms with Crippen LogP contribution in [-0.4, -0.2) is 71.9 Å². The van der Waals surface area contributed by atoms with Crippen LogP contribution < -0.4 is 0 Å². The molecule has 0 aromatic carbocycles. The van der Waals surface area contributed by atoms with Crippen LogP contribution in [-0.2, 0) is 47.6 Å². The van der Waals surface area contributed by atoms with Gasteiger partial charge in [-0.3, -0.25) is 14.4 Å². The van der Waals surface area contributed by atoms with Crippen molar-refractivity contribution >= 4 is 23.9 Å². The average Bonchev–Trinajstić information content (AvgIpc) is 3.51. The summed E-state index contributed by atoms with van der Waals surface area (Å²) in [7, 11) is 0. The first kappa shape index (κ1) is 29.9. The van der Waals surface area contributed by atoms with Crippen LogP contribution in [0.25, 0.3) is 0 Å². The van der Waals surface area contributed by atoms with E-state index in [-0.39, 0.29) is 55.8 Å². The molecule has 2 heterocycles. The van der Waals surface area contributed by atoms with Crippen molar-refractivity contribution in [1.29, 1.82) is 0 Å². The number of carbonyl (C=O) groups excluding carboxylic acids is 4. The molecule has 2 fully saturated rings. The minimum absolute atomic E-state index is 0.0440. The van der Waals surface area contributed by atoms with Crippen molar-refractivity contribution in [2.24, 2.45) is 23.7 Å². The monoisotopic (exact) mass is 540 g/mol. The van der Waals surface area contributed by atoms with Crippen LogP contribution in [0, 0.1) is 23.7 Å². The van der Waals surface area contributed by atoms with Crippen LogP contribution in [0.5, 0.6) is 0 Å². The van der Waals surface area contributed by atoms with Crippen molar-refractivity contribution in [3.63, 3.8) is 0 Å². The lowest BCUT2D eigenvalue weighted by atomic mass is 9.79. The van der Waals surface area contributed by atoms with Gasteiger partial charge in [0.15, 0.2) is 0 Å². The van der Waals surface area contributed by atoms with Gasteiger partial charge in [0.05, 0.1) is 12.9 Å². The largest absolute Gasteiger partial charge is 0.462 e. The van der Waals surface area contributed by atoms with Crippen LogP contribution >= 0.6 is 0 Å². The minimum atomic E-state index is -1.72. The lowest BCUT2D eigenvalue weighted by molar-refractivity contribution is -0.208. The van der Waals surface area contributed by atoms with Crippen LogP contribution in [0.4, 0.5) is 0 Å². The number of fused-ring (bicyclic) bond motifs is 2. The Morgan fingerprint density at radius 1 is 1.03 bits per heavy atom. The Morgan fingerprint density at radius 2 is 1.63 bits per heavy atom. The van der Waals surface area contributed by atoms with Crippen molar-refractivity contribution < 1.29 is 52.7 Å². The van der Waals surface area contributed by atoms with E-state index >= 15 is 0 Å². The lowest BCUT2D eigenvalue weighted by Crippen LogP contribution is -2.53. The predicted molar refractivity (Wildman–Crippen MR) is 131 cm³/mol. The van der Waals surface area contributed by atoms with Gasteiger partial charge in [-0.25, -0.2) is 4.79 Å². The SMILES string of the molecule is CC(=O)O[C@@H]1C[C@@]2(O)C(COC(=O)C(OC(=O)CC(C)C)C(C)C)=CO[C@H](OC(=O)CC(C)C)[C@H]2[C@]12CO2. The first-order valence-electron chi connectivity index (χ1n) is 13.1. The Morgan fingerprint density at radius 3 is 2.16 bits per heavy atom. The molecule has 38 heavy (non-hydrogen) atoms. The van der Waals surface area contributed by atoms with Gasteiger partial charge in [0, 0.05) is 37.7 Å². The highest BCUT2D eigenvalue weighted by atomic mass is 16.7. The van der Waals surface area contributed by atoms with Gasteiger partial charge >= 0.3 is 23.9 Å². The van der Waals surface area contributed by atoms with E-state index in [4.69, 9.17) is 28.4 Å². The molecular formula is C27H40O11. The summed E-state index contributed by atoms with van der Waals surface area (Å²) in [5.41, 5.74) is -2.65. The van der Waals surface area contributed by atoms with E-state index in [0.717, 1.165) is 0 Å². The molecule has 0 radical (unpaired) electrons. The Labute approximate surface area is 223 Å². The average molecular weight is 541 g/mol. The highest BCUT2D eigenvalue weighted by Crippen LogP contribution is 2.59. The standard InChI is InChI=1S/C27H40O11/c1-14(2)8-20(29)37-22(16(5)6)24(31)33-11-18-12-34-25(38-21(30)9-15(3)4)23-26(18,32)10-19(36-17(7)28)27(23)13-35-27/h12,14-16,19,22-23,25,32H,8-11,13H2,1-7H3/t19-,22?,23-,25-,26-,27+/m1/s1. The maximum absolute atomic E-state index is 12.9. The van der Waals surface area contributed by atoms with Gasteiger partial charge in [-0.1, -0.05) is 41.5 Å². The zero-order valence-electron chi connectivity index (χ0n) is 23.2. The van der Waals surface area contributed by atoms with Gasteiger partial charge in [0.2, 0.25) is 6.10 Å². The molecule has 11 nitrogen and oxygen atoms in total. The van der Waals surface area contributed by atoms with Gasteiger partial charge in [-0.15, -0.1) is 0 Å². The number of aliphatic hydroxyl groups is 1. The third-order valence-corrected chi connectivity index (χ3v) is 6.90. The van der Waals surface area contributed by atoms with Crippen molar-refractivity contribution in [2.45, 2.75) is 97.4 Å². The summed E-state index contributed by atoms with van der Waals surface area (Å²) in [4.78, 5) is 49.3. The van der Waals surface area contributed by atoms with Crippen LogP contribution in [0.3, 0.4) is 0 Å². The molecule has 0 aromatic rings. The fraction of sp³-hybridized carbons (Fsp3) is 0.778. The summed E-state index contributed by atoms with van der Waals surface area (Å²) in [5, 5.41) is 11.9. The van der Waals surface area contributed by atoms with E-state index in [2.05, 4.69) is 0 Å². The van der Waals surface area contributed by atoms with E-state index in [0.29, 0.717) is 0 Å². The first-order chi connectivity index (χ1) is 17.7. The van der Waals surface area contributed by atoms with E-state index in [1.165, 1.54) is 13.2 Å². The maximum atomic E-state index is 12.9. The summed E-state index contributed by atoms with van der Waals surface area (Å²) >= 11 is 0. The zero-order chi connectivity index (χ0) is 28.4. The molecular weight excluding hydrogens is 500 g/mol.